The molecule has 2 aromatic carbocycles. The van der Waals surface area contributed by atoms with Crippen LogP contribution in [-0.4, -0.2) is 27.6 Å². The van der Waals surface area contributed by atoms with Crippen molar-refractivity contribution in [3.63, 3.8) is 0 Å². The van der Waals surface area contributed by atoms with Gasteiger partial charge < -0.3 is 10.6 Å². The summed E-state index contributed by atoms with van der Waals surface area (Å²) in [6.45, 7) is 4.41. The number of thiocarbonyl (C=S) groups is 1. The molecule has 0 saturated carbocycles. The second-order valence-electron chi connectivity index (χ2n) is 6.62. The summed E-state index contributed by atoms with van der Waals surface area (Å²) in [5.74, 6) is 0.916. The van der Waals surface area contributed by atoms with Crippen LogP contribution in [0.25, 0.3) is 0 Å². The molecule has 8 heteroatoms. The lowest BCUT2D eigenvalue weighted by Crippen LogP contribution is -2.39. The van der Waals surface area contributed by atoms with Crippen LogP contribution in [-0.2, 0) is 6.42 Å². The Morgan fingerprint density at radius 3 is 2.33 bits per heavy atom. The number of benzene rings is 2. The molecular formula is C22H23ClN6S. The van der Waals surface area contributed by atoms with Crippen molar-refractivity contribution in [3.05, 3.63) is 82.6 Å². The minimum atomic E-state index is 0.360. The first kappa shape index (κ1) is 21.7. The number of aromatic nitrogens is 2. The summed E-state index contributed by atoms with van der Waals surface area (Å²) >= 11 is 11.6. The van der Waals surface area contributed by atoms with Crippen molar-refractivity contribution in [3.8, 4) is 0 Å². The zero-order chi connectivity index (χ0) is 21.3. The largest absolute Gasteiger partial charge is 0.331 e. The van der Waals surface area contributed by atoms with Crippen LogP contribution < -0.4 is 16.0 Å². The summed E-state index contributed by atoms with van der Waals surface area (Å²) in [5, 5.41) is 10.2. The van der Waals surface area contributed by atoms with E-state index in [2.05, 4.69) is 43.0 Å². The van der Waals surface area contributed by atoms with E-state index in [4.69, 9.17) is 23.8 Å². The van der Waals surface area contributed by atoms with Crippen LogP contribution in [0.3, 0.4) is 0 Å². The number of rotatable bonds is 5. The Hall–Kier alpha value is -3.03. The first-order chi connectivity index (χ1) is 14.5. The van der Waals surface area contributed by atoms with Crippen molar-refractivity contribution in [2.45, 2.75) is 20.3 Å². The van der Waals surface area contributed by atoms with Gasteiger partial charge in [-0.3, -0.25) is 10.3 Å². The van der Waals surface area contributed by atoms with E-state index in [1.807, 2.05) is 56.3 Å². The number of anilines is 2. The van der Waals surface area contributed by atoms with E-state index in [0.29, 0.717) is 34.3 Å². The number of para-hydroxylation sites is 1. The Morgan fingerprint density at radius 2 is 1.63 bits per heavy atom. The highest BCUT2D eigenvalue weighted by atomic mass is 35.5. The molecule has 3 rings (SSSR count). The number of hydrogen-bond donors (Lipinski definition) is 3. The van der Waals surface area contributed by atoms with Crippen molar-refractivity contribution in [1.29, 1.82) is 0 Å². The third-order valence-electron chi connectivity index (χ3n) is 4.08. The van der Waals surface area contributed by atoms with Gasteiger partial charge in [0.15, 0.2) is 5.11 Å². The predicted octanol–water partition coefficient (Wildman–Crippen LogP) is 4.74. The van der Waals surface area contributed by atoms with Gasteiger partial charge in [-0.2, -0.15) is 0 Å². The molecule has 0 atom stereocenters. The Bertz CT molecular complexity index is 1020. The number of hydrogen-bond acceptors (Lipinski definition) is 4. The summed E-state index contributed by atoms with van der Waals surface area (Å²) in [6.07, 6.45) is 0.798. The molecule has 0 unspecified atom stereocenters. The van der Waals surface area contributed by atoms with Crippen LogP contribution in [0, 0.1) is 13.8 Å². The van der Waals surface area contributed by atoms with E-state index < -0.39 is 0 Å². The monoisotopic (exact) mass is 438 g/mol. The molecule has 0 spiro atoms. The van der Waals surface area contributed by atoms with Gasteiger partial charge in [0.05, 0.1) is 10.7 Å². The van der Waals surface area contributed by atoms with Crippen LogP contribution in [0.2, 0.25) is 5.02 Å². The normalized spacial score (nSPS) is 11.1. The van der Waals surface area contributed by atoms with Crippen molar-refractivity contribution < 1.29 is 0 Å². The maximum Gasteiger partial charge on any atom is 0.229 e. The van der Waals surface area contributed by atoms with Gasteiger partial charge in [0.1, 0.15) is 0 Å². The van der Waals surface area contributed by atoms with Gasteiger partial charge in [-0.1, -0.05) is 54.1 Å². The summed E-state index contributed by atoms with van der Waals surface area (Å²) in [6, 6.07) is 19.5. The molecule has 0 saturated heterocycles. The van der Waals surface area contributed by atoms with Crippen molar-refractivity contribution in [2.24, 2.45) is 4.99 Å². The summed E-state index contributed by atoms with van der Waals surface area (Å²) in [7, 11) is 0. The highest BCUT2D eigenvalue weighted by molar-refractivity contribution is 7.80. The van der Waals surface area contributed by atoms with E-state index in [1.165, 1.54) is 5.56 Å². The van der Waals surface area contributed by atoms with Crippen LogP contribution in [0.5, 0.6) is 0 Å². The third-order valence-corrected chi connectivity index (χ3v) is 4.61. The molecule has 0 fully saturated rings. The Morgan fingerprint density at radius 1 is 0.967 bits per heavy atom. The smallest absolute Gasteiger partial charge is 0.229 e. The molecule has 1 heterocycles. The fourth-order valence-electron chi connectivity index (χ4n) is 2.76. The van der Waals surface area contributed by atoms with E-state index in [9.17, 15) is 0 Å². The van der Waals surface area contributed by atoms with Gasteiger partial charge in [0.25, 0.3) is 0 Å². The molecule has 30 heavy (non-hydrogen) atoms. The number of nitrogens with zero attached hydrogens (tertiary/aromatic N) is 3. The number of nitrogens with one attached hydrogen (secondary N) is 3. The number of halogens is 1. The molecule has 3 aromatic rings. The predicted molar refractivity (Wildman–Crippen MR) is 128 cm³/mol. The second kappa shape index (κ2) is 10.7. The SMILES string of the molecule is Cc1cc(C)nc(NC(=NCCc2ccccc2)NC(=S)Nc2ccccc2Cl)n1. The molecule has 0 bridgehead atoms. The molecule has 0 radical (unpaired) electrons. The van der Waals surface area contributed by atoms with E-state index in [0.717, 1.165) is 17.8 Å². The van der Waals surface area contributed by atoms with Crippen molar-refractivity contribution in [1.82, 2.24) is 15.3 Å². The average Bonchev–Trinajstić information content (AvgIpc) is 2.70. The first-order valence-corrected chi connectivity index (χ1v) is 10.3. The molecule has 6 nitrogen and oxygen atoms in total. The molecule has 0 aliphatic carbocycles. The zero-order valence-electron chi connectivity index (χ0n) is 16.8. The Kier molecular flexibility index (Phi) is 7.70. The number of aliphatic imine (C=N–C) groups is 1. The molecule has 154 valence electrons. The summed E-state index contributed by atoms with van der Waals surface area (Å²) in [4.78, 5) is 13.5. The fraction of sp³-hybridized carbons (Fsp3) is 0.182. The van der Waals surface area contributed by atoms with Crippen molar-refractivity contribution >= 4 is 46.5 Å². The number of guanidine groups is 1. The lowest BCUT2D eigenvalue weighted by molar-refractivity contribution is 0.956. The Labute approximate surface area is 186 Å². The first-order valence-electron chi connectivity index (χ1n) is 9.50. The summed E-state index contributed by atoms with van der Waals surface area (Å²) < 4.78 is 0. The fourth-order valence-corrected chi connectivity index (χ4v) is 3.15. The standard InChI is InChI=1S/C22H23ClN6S/c1-15-14-16(2)26-21(25-15)28-20(24-13-12-17-8-4-3-5-9-17)29-22(30)27-19-11-7-6-10-18(19)23/h3-11,14H,12-13H2,1-2H3,(H3,24,25,26,27,28,29,30). The van der Waals surface area contributed by atoms with E-state index in [-0.39, 0.29) is 0 Å². The van der Waals surface area contributed by atoms with Crippen LogP contribution in [0.15, 0.2) is 65.7 Å². The molecule has 0 aliphatic heterocycles. The number of aryl methyl sites for hydroxylation is 2. The molecule has 0 aliphatic rings. The van der Waals surface area contributed by atoms with Gasteiger partial charge in [-0.05, 0) is 56.2 Å². The van der Waals surface area contributed by atoms with E-state index >= 15 is 0 Å². The van der Waals surface area contributed by atoms with Crippen LogP contribution in [0.1, 0.15) is 17.0 Å². The van der Waals surface area contributed by atoms with Crippen LogP contribution >= 0.6 is 23.8 Å². The molecule has 3 N–H and O–H groups in total. The summed E-state index contributed by atoms with van der Waals surface area (Å²) in [5.41, 5.74) is 3.65. The van der Waals surface area contributed by atoms with Gasteiger partial charge in [-0.15, -0.1) is 0 Å². The lowest BCUT2D eigenvalue weighted by atomic mass is 10.2. The molecule has 0 amide bonds. The third kappa shape index (κ3) is 6.79. The van der Waals surface area contributed by atoms with E-state index in [1.54, 1.807) is 6.07 Å². The van der Waals surface area contributed by atoms with Gasteiger partial charge in [0.2, 0.25) is 11.9 Å². The minimum absolute atomic E-state index is 0.360. The van der Waals surface area contributed by atoms with Crippen molar-refractivity contribution in [2.75, 3.05) is 17.2 Å². The van der Waals surface area contributed by atoms with Gasteiger partial charge >= 0.3 is 0 Å². The lowest BCUT2D eigenvalue weighted by Gasteiger charge is -2.15. The second-order valence-corrected chi connectivity index (χ2v) is 7.44. The van der Waals surface area contributed by atoms with Gasteiger partial charge in [0, 0.05) is 17.9 Å². The maximum absolute atomic E-state index is 6.21. The minimum Gasteiger partial charge on any atom is -0.331 e. The zero-order valence-corrected chi connectivity index (χ0v) is 18.4. The average molecular weight is 439 g/mol. The highest BCUT2D eigenvalue weighted by Crippen LogP contribution is 2.20. The quantitative estimate of drug-likeness (QED) is 0.303. The topological polar surface area (TPSA) is 74.2 Å². The Balaban J connectivity index is 1.72. The van der Waals surface area contributed by atoms with Crippen LogP contribution in [0.4, 0.5) is 11.6 Å². The highest BCUT2D eigenvalue weighted by Gasteiger charge is 2.08. The maximum atomic E-state index is 6.21. The van der Waals surface area contributed by atoms with Gasteiger partial charge in [-0.25, -0.2) is 9.97 Å². The molecular weight excluding hydrogens is 416 g/mol. The molecule has 1 aromatic heterocycles.